The van der Waals surface area contributed by atoms with Crippen LogP contribution in [0.25, 0.3) is 11.3 Å². The lowest BCUT2D eigenvalue weighted by molar-refractivity contribution is 0.102. The number of amides is 1. The van der Waals surface area contributed by atoms with Gasteiger partial charge < -0.3 is 10.4 Å². The number of para-hydroxylation sites is 1. The van der Waals surface area contributed by atoms with Crippen LogP contribution in [0.5, 0.6) is 5.75 Å². The highest BCUT2D eigenvalue weighted by atomic mass is 127. The molecule has 1 heterocycles. The molecule has 3 N–H and O–H groups in total. The van der Waals surface area contributed by atoms with Gasteiger partial charge in [0, 0.05) is 14.8 Å². The molecule has 2 aromatic carbocycles. The monoisotopic (exact) mass is 419 g/mol. The number of aromatic amines is 1. The number of aromatic nitrogens is 2. The van der Waals surface area contributed by atoms with Gasteiger partial charge in [-0.15, -0.1) is 0 Å². The second-order valence-corrected chi connectivity index (χ2v) is 6.35. The molecule has 1 amide bonds. The molecule has 0 unspecified atom stereocenters. The summed E-state index contributed by atoms with van der Waals surface area (Å²) < 4.78 is 1.04. The molecule has 0 bridgehead atoms. The molecule has 0 aliphatic rings. The Kier molecular flexibility index (Phi) is 4.33. The van der Waals surface area contributed by atoms with Gasteiger partial charge in [-0.2, -0.15) is 5.10 Å². The molecule has 0 saturated heterocycles. The van der Waals surface area contributed by atoms with E-state index in [0.29, 0.717) is 17.0 Å². The van der Waals surface area contributed by atoms with Crippen molar-refractivity contribution in [3.05, 3.63) is 63.4 Å². The Morgan fingerprint density at radius 1 is 1.22 bits per heavy atom. The van der Waals surface area contributed by atoms with Crippen LogP contribution in [0, 0.1) is 10.5 Å². The highest BCUT2D eigenvalue weighted by Gasteiger charge is 2.14. The average molecular weight is 419 g/mol. The van der Waals surface area contributed by atoms with Crippen molar-refractivity contribution >= 4 is 34.2 Å². The van der Waals surface area contributed by atoms with Gasteiger partial charge >= 0.3 is 0 Å². The number of carbonyl (C=O) groups is 1. The Morgan fingerprint density at radius 2 is 2.00 bits per heavy atom. The van der Waals surface area contributed by atoms with E-state index in [9.17, 15) is 9.90 Å². The van der Waals surface area contributed by atoms with Gasteiger partial charge in [-0.25, -0.2) is 0 Å². The van der Waals surface area contributed by atoms with E-state index in [2.05, 4.69) is 38.1 Å². The summed E-state index contributed by atoms with van der Waals surface area (Å²) in [5.41, 5.74) is 2.93. The van der Waals surface area contributed by atoms with Crippen molar-refractivity contribution in [2.45, 2.75) is 6.92 Å². The highest BCUT2D eigenvalue weighted by molar-refractivity contribution is 14.1. The Balaban J connectivity index is 1.84. The number of aryl methyl sites for hydroxylation is 1. The first-order chi connectivity index (χ1) is 11.0. The van der Waals surface area contributed by atoms with Gasteiger partial charge in [-0.1, -0.05) is 18.2 Å². The number of aromatic hydroxyl groups is 1. The number of anilines is 1. The van der Waals surface area contributed by atoms with Crippen molar-refractivity contribution in [2.24, 2.45) is 0 Å². The van der Waals surface area contributed by atoms with Crippen molar-refractivity contribution in [1.82, 2.24) is 10.2 Å². The zero-order valence-corrected chi connectivity index (χ0v) is 14.5. The number of phenols is 1. The first-order valence-corrected chi connectivity index (χ1v) is 8.04. The largest absolute Gasteiger partial charge is 0.507 e. The van der Waals surface area contributed by atoms with Crippen LogP contribution in [0.15, 0.2) is 48.5 Å². The Bertz CT molecular complexity index is 874. The van der Waals surface area contributed by atoms with Gasteiger partial charge in [0.1, 0.15) is 11.4 Å². The van der Waals surface area contributed by atoms with Gasteiger partial charge in [0.05, 0.1) is 5.69 Å². The highest BCUT2D eigenvalue weighted by Crippen LogP contribution is 2.30. The normalized spacial score (nSPS) is 10.5. The van der Waals surface area contributed by atoms with Crippen molar-refractivity contribution < 1.29 is 9.90 Å². The lowest BCUT2D eigenvalue weighted by Crippen LogP contribution is -2.12. The molecule has 1 aromatic heterocycles. The summed E-state index contributed by atoms with van der Waals surface area (Å²) in [5.74, 6) is -0.110. The van der Waals surface area contributed by atoms with Crippen LogP contribution < -0.4 is 5.32 Å². The van der Waals surface area contributed by atoms with Crippen LogP contribution in [0.1, 0.15) is 16.1 Å². The third kappa shape index (κ3) is 3.37. The molecule has 0 fully saturated rings. The number of phenolic OH excluding ortho intramolecular Hbond substituents is 1. The second kappa shape index (κ2) is 6.41. The summed E-state index contributed by atoms with van der Waals surface area (Å²) in [7, 11) is 0. The van der Waals surface area contributed by atoms with Crippen LogP contribution in [0.4, 0.5) is 5.69 Å². The minimum Gasteiger partial charge on any atom is -0.507 e. The number of nitrogens with one attached hydrogen (secondary N) is 2. The van der Waals surface area contributed by atoms with E-state index >= 15 is 0 Å². The van der Waals surface area contributed by atoms with Gasteiger partial charge in [0.25, 0.3) is 5.91 Å². The van der Waals surface area contributed by atoms with Crippen LogP contribution >= 0.6 is 22.6 Å². The molecule has 0 aliphatic carbocycles. The van der Waals surface area contributed by atoms with Crippen LogP contribution in [0.2, 0.25) is 0 Å². The lowest BCUT2D eigenvalue weighted by atomic mass is 10.1. The van der Waals surface area contributed by atoms with Crippen LogP contribution in [-0.4, -0.2) is 21.2 Å². The number of nitrogens with zero attached hydrogens (tertiary/aromatic N) is 1. The predicted octanol–water partition coefficient (Wildman–Crippen LogP) is 3.95. The molecule has 0 spiro atoms. The summed E-state index contributed by atoms with van der Waals surface area (Å²) in [6, 6.07) is 14.6. The fourth-order valence-corrected chi connectivity index (χ4v) is 2.75. The summed E-state index contributed by atoms with van der Waals surface area (Å²) >= 11 is 2.19. The molecule has 5 nitrogen and oxygen atoms in total. The Hall–Kier alpha value is -2.35. The van der Waals surface area contributed by atoms with Gasteiger partial charge in [0.2, 0.25) is 0 Å². The number of hydrogen-bond acceptors (Lipinski definition) is 3. The summed E-state index contributed by atoms with van der Waals surface area (Å²) in [6.07, 6.45) is 0. The fraction of sp³-hybridized carbons (Fsp3) is 0.0588. The zero-order chi connectivity index (χ0) is 16.4. The number of rotatable bonds is 3. The number of carbonyl (C=O) groups excluding carboxylic acids is 1. The van der Waals surface area contributed by atoms with Gasteiger partial charge in [0.15, 0.2) is 0 Å². The third-order valence-electron chi connectivity index (χ3n) is 3.42. The maximum Gasteiger partial charge on any atom is 0.273 e. The first kappa shape index (κ1) is 15.5. The first-order valence-electron chi connectivity index (χ1n) is 6.96. The SMILES string of the molecule is Cc1cccc(-c2cc(C(=O)Nc3cccc(I)c3)[nH]n2)c1O. The van der Waals surface area contributed by atoms with Gasteiger partial charge in [-0.3, -0.25) is 9.89 Å². The van der Waals surface area contributed by atoms with Crippen molar-refractivity contribution in [1.29, 1.82) is 0 Å². The van der Waals surface area contributed by atoms with E-state index in [1.165, 1.54) is 0 Å². The molecule has 0 atom stereocenters. The minimum absolute atomic E-state index is 0.170. The number of hydrogen-bond donors (Lipinski definition) is 3. The molecule has 0 saturated carbocycles. The number of benzene rings is 2. The van der Waals surface area contributed by atoms with Gasteiger partial charge in [-0.05, 0) is 65.4 Å². The maximum absolute atomic E-state index is 12.3. The fourth-order valence-electron chi connectivity index (χ4n) is 2.21. The summed E-state index contributed by atoms with van der Waals surface area (Å²) in [6.45, 7) is 1.82. The lowest BCUT2D eigenvalue weighted by Gasteiger charge is -2.04. The van der Waals surface area contributed by atoms with E-state index in [1.54, 1.807) is 12.1 Å². The molecule has 23 heavy (non-hydrogen) atoms. The van der Waals surface area contributed by atoms with E-state index < -0.39 is 0 Å². The number of H-pyrrole nitrogens is 1. The standard InChI is InChI=1S/C17H14IN3O2/c1-10-4-2-7-13(16(10)22)14-9-15(21-20-14)17(23)19-12-6-3-5-11(18)8-12/h2-9,22H,1H3,(H,19,23)(H,20,21). The van der Waals surface area contributed by atoms with E-state index in [1.807, 2.05) is 43.3 Å². The maximum atomic E-state index is 12.3. The topological polar surface area (TPSA) is 78.0 Å². The quantitative estimate of drug-likeness (QED) is 0.563. The number of halogens is 1. The molecule has 116 valence electrons. The van der Waals surface area contributed by atoms with E-state index in [4.69, 9.17) is 0 Å². The van der Waals surface area contributed by atoms with Crippen molar-refractivity contribution in [3.63, 3.8) is 0 Å². The molecular formula is C17H14IN3O2. The Labute approximate surface area is 146 Å². The Morgan fingerprint density at radius 3 is 2.78 bits per heavy atom. The minimum atomic E-state index is -0.280. The average Bonchev–Trinajstić information content (AvgIpc) is 3.00. The third-order valence-corrected chi connectivity index (χ3v) is 4.09. The molecule has 0 radical (unpaired) electrons. The van der Waals surface area contributed by atoms with E-state index in [-0.39, 0.29) is 11.7 Å². The summed E-state index contributed by atoms with van der Waals surface area (Å²) in [4.78, 5) is 12.3. The second-order valence-electron chi connectivity index (χ2n) is 5.10. The zero-order valence-electron chi connectivity index (χ0n) is 12.3. The van der Waals surface area contributed by atoms with Crippen LogP contribution in [0.3, 0.4) is 0 Å². The van der Waals surface area contributed by atoms with Crippen molar-refractivity contribution in [2.75, 3.05) is 5.32 Å². The van der Waals surface area contributed by atoms with E-state index in [0.717, 1.165) is 14.8 Å². The molecule has 0 aliphatic heterocycles. The molecule has 6 heteroatoms. The predicted molar refractivity (Wildman–Crippen MR) is 97.5 cm³/mol. The molecule has 3 aromatic rings. The smallest absolute Gasteiger partial charge is 0.273 e. The summed E-state index contributed by atoms with van der Waals surface area (Å²) in [5, 5.41) is 19.8. The molecule has 3 rings (SSSR count). The van der Waals surface area contributed by atoms with Crippen LogP contribution in [-0.2, 0) is 0 Å². The molecular weight excluding hydrogens is 405 g/mol. The van der Waals surface area contributed by atoms with Crippen molar-refractivity contribution in [3.8, 4) is 17.0 Å².